The predicted molar refractivity (Wildman–Crippen MR) is 169 cm³/mol. The standard InChI is InChI=1S/C34H36N6O5/c41-32(29-16-9-19-37-40-29)36-20-26-22-45-27(21-35-26)18-17-23-10-7-8-15-28(23)38-33(42)31(39-34(43)44)30(24-11-3-1-4-12-24)25-13-5-2-6-14-25/h1-16,19,26-27,30-31,35,39H,17-18,20-22H2,(H,36,41)(H,38,42)(H,43,44)/t26-,27-,31+/m1/s1. The summed E-state index contributed by atoms with van der Waals surface area (Å²) in [6, 6.07) is 28.5. The number of morpholine rings is 1. The molecule has 3 aromatic carbocycles. The summed E-state index contributed by atoms with van der Waals surface area (Å²) in [4.78, 5) is 38.0. The van der Waals surface area contributed by atoms with E-state index in [2.05, 4.69) is 31.5 Å². The highest BCUT2D eigenvalue weighted by Crippen LogP contribution is 2.29. The van der Waals surface area contributed by atoms with E-state index in [1.54, 1.807) is 12.1 Å². The van der Waals surface area contributed by atoms with Crippen LogP contribution in [-0.4, -0.2) is 71.1 Å². The zero-order chi connectivity index (χ0) is 31.4. The fourth-order valence-electron chi connectivity index (χ4n) is 5.43. The predicted octanol–water partition coefficient (Wildman–Crippen LogP) is 3.60. The number of carboxylic acid groups (broad SMARTS) is 1. The molecule has 0 aliphatic carbocycles. The fraction of sp³-hybridized carbons (Fsp3) is 0.265. The topological polar surface area (TPSA) is 155 Å². The van der Waals surface area contributed by atoms with Crippen molar-refractivity contribution in [1.29, 1.82) is 0 Å². The molecule has 0 bridgehead atoms. The zero-order valence-corrected chi connectivity index (χ0v) is 24.6. The van der Waals surface area contributed by atoms with Crippen LogP contribution in [0.1, 0.15) is 39.5 Å². The number of aryl methyl sites for hydroxylation is 1. The molecule has 0 saturated carbocycles. The van der Waals surface area contributed by atoms with Crippen LogP contribution in [0, 0.1) is 0 Å². The van der Waals surface area contributed by atoms with E-state index in [9.17, 15) is 19.5 Å². The van der Waals surface area contributed by atoms with Gasteiger partial charge in [-0.25, -0.2) is 4.79 Å². The van der Waals surface area contributed by atoms with Gasteiger partial charge in [0.15, 0.2) is 5.69 Å². The number of hydrogen-bond donors (Lipinski definition) is 5. The second kappa shape index (κ2) is 15.6. The molecule has 1 saturated heterocycles. The number of para-hydroxylation sites is 1. The van der Waals surface area contributed by atoms with Crippen molar-refractivity contribution in [3.05, 3.63) is 126 Å². The number of carbonyl (C=O) groups is 3. The van der Waals surface area contributed by atoms with Gasteiger partial charge in [-0.05, 0) is 47.7 Å². The number of nitrogens with zero attached hydrogens (tertiary/aromatic N) is 2. The lowest BCUT2D eigenvalue weighted by Crippen LogP contribution is -2.51. The molecular formula is C34H36N6O5. The van der Waals surface area contributed by atoms with Crippen molar-refractivity contribution in [2.45, 2.75) is 36.9 Å². The number of rotatable bonds is 12. The number of hydrogen-bond acceptors (Lipinski definition) is 7. The summed E-state index contributed by atoms with van der Waals surface area (Å²) in [6.07, 6.45) is 1.51. The van der Waals surface area contributed by atoms with E-state index in [0.29, 0.717) is 38.2 Å². The van der Waals surface area contributed by atoms with E-state index in [-0.39, 0.29) is 23.7 Å². The van der Waals surface area contributed by atoms with E-state index in [1.165, 1.54) is 6.20 Å². The summed E-state index contributed by atoms with van der Waals surface area (Å²) < 4.78 is 6.08. The lowest BCUT2D eigenvalue weighted by Gasteiger charge is -2.31. The quantitative estimate of drug-likeness (QED) is 0.164. The average Bonchev–Trinajstić information content (AvgIpc) is 3.08. The van der Waals surface area contributed by atoms with Crippen molar-refractivity contribution in [3.8, 4) is 0 Å². The first-order valence-electron chi connectivity index (χ1n) is 14.9. The Morgan fingerprint density at radius 1 is 0.911 bits per heavy atom. The van der Waals surface area contributed by atoms with Crippen LogP contribution in [0.2, 0.25) is 0 Å². The molecule has 4 aromatic rings. The van der Waals surface area contributed by atoms with Gasteiger partial charge in [0.25, 0.3) is 5.91 Å². The van der Waals surface area contributed by atoms with E-state index in [1.807, 2.05) is 84.9 Å². The van der Waals surface area contributed by atoms with Gasteiger partial charge >= 0.3 is 6.09 Å². The van der Waals surface area contributed by atoms with Crippen LogP contribution in [0.4, 0.5) is 10.5 Å². The van der Waals surface area contributed by atoms with Crippen molar-refractivity contribution in [2.24, 2.45) is 0 Å². The maximum absolute atomic E-state index is 13.8. The molecule has 3 amide bonds. The normalized spacial score (nSPS) is 16.8. The molecule has 3 atom stereocenters. The van der Waals surface area contributed by atoms with E-state index in [4.69, 9.17) is 4.74 Å². The Morgan fingerprint density at radius 3 is 2.22 bits per heavy atom. The second-order valence-corrected chi connectivity index (χ2v) is 10.8. The molecule has 0 spiro atoms. The molecule has 45 heavy (non-hydrogen) atoms. The molecule has 11 heteroatoms. The third-order valence-electron chi connectivity index (χ3n) is 7.70. The van der Waals surface area contributed by atoms with Crippen molar-refractivity contribution >= 4 is 23.6 Å². The van der Waals surface area contributed by atoms with Crippen molar-refractivity contribution in [1.82, 2.24) is 26.1 Å². The van der Waals surface area contributed by atoms with Crippen molar-refractivity contribution < 1.29 is 24.2 Å². The summed E-state index contributed by atoms with van der Waals surface area (Å²) in [5.74, 6) is -1.29. The molecule has 1 aliphatic heterocycles. The molecular weight excluding hydrogens is 572 g/mol. The Labute approximate surface area is 261 Å². The summed E-state index contributed by atoms with van der Waals surface area (Å²) in [5.41, 5.74) is 3.43. The van der Waals surface area contributed by atoms with Gasteiger partial charge < -0.3 is 31.1 Å². The smallest absolute Gasteiger partial charge is 0.405 e. The molecule has 5 N–H and O–H groups in total. The zero-order valence-electron chi connectivity index (χ0n) is 24.6. The minimum absolute atomic E-state index is 0.0331. The number of amides is 3. The number of anilines is 1. The third-order valence-corrected chi connectivity index (χ3v) is 7.70. The van der Waals surface area contributed by atoms with Gasteiger partial charge in [0.2, 0.25) is 5.91 Å². The Bertz CT molecular complexity index is 1510. The molecule has 0 unspecified atom stereocenters. The van der Waals surface area contributed by atoms with Gasteiger partial charge in [0, 0.05) is 36.9 Å². The summed E-state index contributed by atoms with van der Waals surface area (Å²) in [6.45, 7) is 1.45. The highest BCUT2D eigenvalue weighted by Gasteiger charge is 2.33. The fourth-order valence-corrected chi connectivity index (χ4v) is 5.43. The molecule has 2 heterocycles. The number of carbonyl (C=O) groups excluding carboxylic acids is 2. The van der Waals surface area contributed by atoms with E-state index in [0.717, 1.165) is 16.7 Å². The van der Waals surface area contributed by atoms with E-state index >= 15 is 0 Å². The molecule has 5 rings (SSSR count). The van der Waals surface area contributed by atoms with Crippen LogP contribution in [0.5, 0.6) is 0 Å². The van der Waals surface area contributed by atoms with Crippen LogP contribution in [0.25, 0.3) is 0 Å². The van der Waals surface area contributed by atoms with Gasteiger partial charge in [-0.15, -0.1) is 5.10 Å². The Balaban J connectivity index is 1.20. The van der Waals surface area contributed by atoms with Crippen LogP contribution in [-0.2, 0) is 16.0 Å². The SMILES string of the molecule is O=C(O)N[C@H](C(=O)Nc1ccccc1CC[C@@H]1CN[C@H](CNC(=O)c2cccnn2)CO1)C(c1ccccc1)c1ccccc1. The first kappa shape index (κ1) is 31.3. The maximum Gasteiger partial charge on any atom is 0.405 e. The molecule has 0 radical (unpaired) electrons. The van der Waals surface area contributed by atoms with Crippen molar-refractivity contribution in [2.75, 3.05) is 25.0 Å². The minimum atomic E-state index is -1.28. The van der Waals surface area contributed by atoms with Crippen LogP contribution >= 0.6 is 0 Å². The number of nitrogens with one attached hydrogen (secondary N) is 4. The van der Waals surface area contributed by atoms with Gasteiger partial charge in [0.05, 0.1) is 12.7 Å². The first-order valence-corrected chi connectivity index (χ1v) is 14.9. The Kier molecular flexibility index (Phi) is 10.8. The lowest BCUT2D eigenvalue weighted by atomic mass is 9.84. The Morgan fingerprint density at radius 2 is 1.60 bits per heavy atom. The third kappa shape index (κ3) is 8.71. The first-order chi connectivity index (χ1) is 22.0. The highest BCUT2D eigenvalue weighted by atomic mass is 16.5. The molecule has 232 valence electrons. The van der Waals surface area contributed by atoms with E-state index < -0.39 is 24.0 Å². The van der Waals surface area contributed by atoms with Crippen LogP contribution in [0.3, 0.4) is 0 Å². The lowest BCUT2D eigenvalue weighted by molar-refractivity contribution is -0.118. The largest absolute Gasteiger partial charge is 0.465 e. The van der Waals surface area contributed by atoms with Gasteiger partial charge in [-0.3, -0.25) is 9.59 Å². The monoisotopic (exact) mass is 608 g/mol. The van der Waals surface area contributed by atoms with Crippen LogP contribution < -0.4 is 21.3 Å². The van der Waals surface area contributed by atoms with Crippen LogP contribution in [0.15, 0.2) is 103 Å². The minimum Gasteiger partial charge on any atom is -0.465 e. The molecule has 11 nitrogen and oxygen atoms in total. The second-order valence-electron chi connectivity index (χ2n) is 10.8. The van der Waals surface area contributed by atoms with Gasteiger partial charge in [0.1, 0.15) is 6.04 Å². The Hall–Kier alpha value is -5.13. The number of benzene rings is 3. The summed E-state index contributed by atoms with van der Waals surface area (Å²) >= 11 is 0. The summed E-state index contributed by atoms with van der Waals surface area (Å²) in [5, 5.41) is 29.0. The van der Waals surface area contributed by atoms with Gasteiger partial charge in [-0.2, -0.15) is 5.10 Å². The molecule has 1 aliphatic rings. The van der Waals surface area contributed by atoms with Crippen molar-refractivity contribution in [3.63, 3.8) is 0 Å². The van der Waals surface area contributed by atoms with Gasteiger partial charge in [-0.1, -0.05) is 78.9 Å². The molecule has 1 aromatic heterocycles. The maximum atomic E-state index is 13.8. The molecule has 1 fully saturated rings. The number of ether oxygens (including phenoxy) is 1. The number of aromatic nitrogens is 2. The highest BCUT2D eigenvalue weighted by molar-refractivity contribution is 5.98. The summed E-state index contributed by atoms with van der Waals surface area (Å²) in [7, 11) is 0. The average molecular weight is 609 g/mol.